The summed E-state index contributed by atoms with van der Waals surface area (Å²) in [5.74, 6) is -0.655. The van der Waals surface area contributed by atoms with E-state index in [1.165, 1.54) is 25.0 Å². The zero-order chi connectivity index (χ0) is 19.7. The molecule has 1 amide bonds. The molecule has 2 atom stereocenters. The monoisotopic (exact) mass is 381 g/mol. The van der Waals surface area contributed by atoms with E-state index < -0.39 is 5.97 Å². The molecule has 1 saturated carbocycles. The highest BCUT2D eigenvalue weighted by Gasteiger charge is 2.37. The Morgan fingerprint density at radius 1 is 1.25 bits per heavy atom. The first-order valence-electron chi connectivity index (χ1n) is 9.51. The third-order valence-corrected chi connectivity index (χ3v) is 5.38. The van der Waals surface area contributed by atoms with Gasteiger partial charge in [-0.3, -0.25) is 4.79 Å². The maximum Gasteiger partial charge on any atom is 0.335 e. The maximum atomic E-state index is 12.2. The van der Waals surface area contributed by atoms with Crippen LogP contribution in [0.1, 0.15) is 43.0 Å². The number of fused-ring (bicyclic) bond motifs is 1. The molecule has 0 saturated heterocycles. The lowest BCUT2D eigenvalue weighted by molar-refractivity contribution is -0.116. The van der Waals surface area contributed by atoms with Gasteiger partial charge in [-0.15, -0.1) is 0 Å². The van der Waals surface area contributed by atoms with E-state index in [0.29, 0.717) is 17.7 Å². The van der Waals surface area contributed by atoms with Crippen molar-refractivity contribution in [2.75, 3.05) is 5.32 Å². The van der Waals surface area contributed by atoms with Crippen molar-refractivity contribution in [2.45, 2.75) is 50.9 Å². The Morgan fingerprint density at radius 2 is 1.96 bits per heavy atom. The van der Waals surface area contributed by atoms with E-state index >= 15 is 0 Å². The summed E-state index contributed by atoms with van der Waals surface area (Å²) >= 11 is 0. The third kappa shape index (κ3) is 3.62. The molecule has 3 aliphatic rings. The number of amides is 1. The lowest BCUT2D eigenvalue weighted by Gasteiger charge is -2.39. The summed E-state index contributed by atoms with van der Waals surface area (Å²) in [7, 11) is 0. The normalized spacial score (nSPS) is 24.8. The fraction of sp³-hybridized carbons (Fsp3) is 0.400. The molecule has 2 unspecified atom stereocenters. The van der Waals surface area contributed by atoms with Crippen LogP contribution in [0, 0.1) is 0 Å². The minimum absolute atomic E-state index is 0.129. The van der Waals surface area contributed by atoms with E-state index in [-0.39, 0.29) is 23.7 Å². The number of benzene rings is 1. The summed E-state index contributed by atoms with van der Waals surface area (Å²) in [6.07, 6.45) is 7.65. The van der Waals surface area contributed by atoms with Crippen LogP contribution in [0.15, 0.2) is 46.0 Å². The predicted molar refractivity (Wildman–Crippen MR) is 107 cm³/mol. The molecule has 1 aromatic rings. The van der Waals surface area contributed by atoms with Crippen molar-refractivity contribution < 1.29 is 14.7 Å². The molecule has 0 radical (unpaired) electrons. The fourth-order valence-electron chi connectivity index (χ4n) is 4.07. The average molecular weight is 381 g/mol. The summed E-state index contributed by atoms with van der Waals surface area (Å²) in [5.41, 5.74) is 1.84. The molecular weight excluding hydrogens is 358 g/mol. The first-order chi connectivity index (χ1) is 13.5. The number of allylic oxidation sites excluding steroid dienone is 1. The number of hydrogen-bond acceptors (Lipinski definition) is 6. The zero-order valence-electron chi connectivity index (χ0n) is 15.6. The second-order valence-electron chi connectivity index (χ2n) is 7.32. The quantitative estimate of drug-likeness (QED) is 0.744. The number of aromatic carboxylic acids is 1. The van der Waals surface area contributed by atoms with Crippen LogP contribution >= 0.6 is 0 Å². The molecule has 146 valence electrons. The summed E-state index contributed by atoms with van der Waals surface area (Å²) in [6.45, 7) is 1.96. The molecule has 3 N–H and O–H groups in total. The molecule has 0 aromatic heterocycles. The van der Waals surface area contributed by atoms with Gasteiger partial charge in [-0.05, 0) is 44.0 Å². The van der Waals surface area contributed by atoms with Crippen molar-refractivity contribution >= 4 is 29.7 Å². The minimum Gasteiger partial charge on any atom is -0.478 e. The number of rotatable bonds is 3. The number of nitrogens with one attached hydrogen (secondary N) is 2. The Labute approximate surface area is 163 Å². The van der Waals surface area contributed by atoms with Gasteiger partial charge in [0.15, 0.2) is 6.17 Å². The van der Waals surface area contributed by atoms with Crippen molar-refractivity contribution in [3.05, 3.63) is 41.6 Å². The van der Waals surface area contributed by atoms with E-state index in [2.05, 4.69) is 20.5 Å². The van der Waals surface area contributed by atoms with Crippen molar-refractivity contribution in [3.63, 3.8) is 0 Å². The number of anilines is 1. The summed E-state index contributed by atoms with van der Waals surface area (Å²) in [5, 5.41) is 15.1. The Hall–Kier alpha value is -3.16. The Kier molecular flexibility index (Phi) is 4.85. The van der Waals surface area contributed by atoms with Crippen molar-refractivity contribution in [1.29, 1.82) is 0 Å². The molecule has 28 heavy (non-hydrogen) atoms. The summed E-state index contributed by atoms with van der Waals surface area (Å²) in [4.78, 5) is 34.6. The van der Waals surface area contributed by atoms with Gasteiger partial charge >= 0.3 is 5.97 Å². The van der Waals surface area contributed by atoms with Crippen LogP contribution in [0.2, 0.25) is 0 Å². The second kappa shape index (κ2) is 7.46. The molecule has 8 heteroatoms. The third-order valence-electron chi connectivity index (χ3n) is 5.38. The van der Waals surface area contributed by atoms with Crippen LogP contribution in [-0.4, -0.2) is 52.3 Å². The van der Waals surface area contributed by atoms with Crippen molar-refractivity contribution in [3.8, 4) is 0 Å². The Bertz CT molecular complexity index is 868. The second-order valence-corrected chi connectivity index (χ2v) is 7.32. The van der Waals surface area contributed by atoms with Gasteiger partial charge < -0.3 is 20.6 Å². The lowest BCUT2D eigenvalue weighted by atomic mass is 10.1. The van der Waals surface area contributed by atoms with Crippen LogP contribution in [0.4, 0.5) is 5.69 Å². The van der Waals surface area contributed by atoms with E-state index in [9.17, 15) is 9.59 Å². The Morgan fingerprint density at radius 3 is 2.64 bits per heavy atom. The van der Waals surface area contributed by atoms with Gasteiger partial charge in [0, 0.05) is 29.7 Å². The molecule has 0 bridgehead atoms. The smallest absolute Gasteiger partial charge is 0.335 e. The molecule has 1 fully saturated rings. The molecule has 8 nitrogen and oxygen atoms in total. The van der Waals surface area contributed by atoms with Crippen LogP contribution in [0.3, 0.4) is 0 Å². The summed E-state index contributed by atoms with van der Waals surface area (Å²) < 4.78 is 0. The van der Waals surface area contributed by atoms with Crippen LogP contribution in [0.25, 0.3) is 0 Å². The first-order valence-corrected chi connectivity index (χ1v) is 9.51. The largest absolute Gasteiger partial charge is 0.478 e. The highest BCUT2D eigenvalue weighted by Crippen LogP contribution is 2.31. The van der Waals surface area contributed by atoms with Crippen molar-refractivity contribution in [2.24, 2.45) is 9.98 Å². The number of carbonyl (C=O) groups is 2. The van der Waals surface area contributed by atoms with Crippen molar-refractivity contribution in [1.82, 2.24) is 10.2 Å². The Balaban J connectivity index is 1.59. The minimum atomic E-state index is -0.967. The van der Waals surface area contributed by atoms with E-state index in [0.717, 1.165) is 18.5 Å². The standard InChI is InChI=1S/C20H23N5O3/c1-12-10-17(26)23-16-11-21-20(22-14-8-6-13(7-9-14)19(27)28)24-18(16)25(12)15-4-2-3-5-15/h6-11,15-16,18H,2-5H2,1H3,(H,22,24)(H,23,26)(H,27,28). The maximum absolute atomic E-state index is 12.2. The van der Waals surface area contributed by atoms with Gasteiger partial charge in [0.25, 0.3) is 0 Å². The van der Waals surface area contributed by atoms with Crippen LogP contribution < -0.4 is 10.6 Å². The molecule has 2 heterocycles. The van der Waals surface area contributed by atoms with Gasteiger partial charge in [0.2, 0.25) is 11.9 Å². The van der Waals surface area contributed by atoms with Crippen LogP contribution in [0.5, 0.6) is 0 Å². The van der Waals surface area contributed by atoms with Gasteiger partial charge in [-0.1, -0.05) is 12.8 Å². The predicted octanol–water partition coefficient (Wildman–Crippen LogP) is 2.21. The number of hydrogen-bond donors (Lipinski definition) is 3. The molecule has 0 spiro atoms. The number of guanidine groups is 1. The number of carboxylic acid groups (broad SMARTS) is 1. The SMILES string of the molecule is CC1=CC(=O)NC2C=NC(Nc3ccc(C(=O)O)cc3)=NC2N1C1CCCC1. The summed E-state index contributed by atoms with van der Waals surface area (Å²) in [6, 6.07) is 6.50. The zero-order valence-corrected chi connectivity index (χ0v) is 15.6. The average Bonchev–Trinajstić information content (AvgIpc) is 3.14. The topological polar surface area (TPSA) is 106 Å². The van der Waals surface area contributed by atoms with Gasteiger partial charge in [-0.2, -0.15) is 0 Å². The van der Waals surface area contributed by atoms with Gasteiger partial charge in [-0.25, -0.2) is 14.8 Å². The van der Waals surface area contributed by atoms with E-state index in [4.69, 9.17) is 10.1 Å². The fourth-order valence-corrected chi connectivity index (χ4v) is 4.07. The first kappa shape index (κ1) is 18.2. The number of carboxylic acids is 1. The number of nitrogens with zero attached hydrogens (tertiary/aromatic N) is 3. The highest BCUT2D eigenvalue weighted by molar-refractivity contribution is 6.02. The van der Waals surface area contributed by atoms with Gasteiger partial charge in [0.05, 0.1) is 5.56 Å². The molecule has 4 rings (SSSR count). The van der Waals surface area contributed by atoms with E-state index in [1.807, 2.05) is 6.92 Å². The van der Waals surface area contributed by atoms with Gasteiger partial charge in [0.1, 0.15) is 6.04 Å². The molecule has 1 aromatic carbocycles. The molecular formula is C20H23N5O3. The molecule has 1 aliphatic carbocycles. The number of carbonyl (C=O) groups excluding carboxylic acids is 1. The highest BCUT2D eigenvalue weighted by atomic mass is 16.4. The lowest BCUT2D eigenvalue weighted by Crippen LogP contribution is -2.53. The number of aliphatic imine (C=N–C) groups is 2. The van der Waals surface area contributed by atoms with Crippen LogP contribution in [-0.2, 0) is 4.79 Å². The molecule has 2 aliphatic heterocycles. The van der Waals surface area contributed by atoms with E-state index in [1.54, 1.807) is 24.4 Å².